The topological polar surface area (TPSA) is 32.7 Å². The Morgan fingerprint density at radius 3 is 2.14 bits per heavy atom. The molecule has 0 aliphatic heterocycles. The predicted octanol–water partition coefficient (Wildman–Crippen LogP) is 6.28. The first kappa shape index (κ1) is 20.4. The summed E-state index contributed by atoms with van der Waals surface area (Å²) in [5.41, 5.74) is -0.192. The van der Waals surface area contributed by atoms with Gasteiger partial charge in [-0.15, -0.1) is 0 Å². The van der Waals surface area contributed by atoms with E-state index in [-0.39, 0.29) is 16.9 Å². The van der Waals surface area contributed by atoms with E-state index in [1.807, 2.05) is 0 Å². The summed E-state index contributed by atoms with van der Waals surface area (Å²) in [6.45, 7) is 0. The standard InChI is InChI=1S/C21H20ClF3N2O/c22-20(26-17-7-3-1-4-8-17)27(18-9-5-2-6-10-18)19(28)15-11-13-16(14-12-15)21(23,24)25/h2,5-6,9-14,17H,1,3-4,7-8H2. The number of nitrogens with zero attached hydrogens (tertiary/aromatic N) is 2. The quantitative estimate of drug-likeness (QED) is 0.334. The van der Waals surface area contributed by atoms with Gasteiger partial charge in [-0.2, -0.15) is 13.2 Å². The highest BCUT2D eigenvalue weighted by Gasteiger charge is 2.31. The summed E-state index contributed by atoms with van der Waals surface area (Å²) >= 11 is 6.44. The molecule has 7 heteroatoms. The van der Waals surface area contributed by atoms with E-state index in [0.717, 1.165) is 56.4 Å². The van der Waals surface area contributed by atoms with Crippen molar-refractivity contribution in [3.8, 4) is 0 Å². The molecule has 2 aromatic rings. The zero-order chi connectivity index (χ0) is 20.1. The first-order chi connectivity index (χ1) is 13.4. The van der Waals surface area contributed by atoms with Gasteiger partial charge in [-0.3, -0.25) is 14.7 Å². The fourth-order valence-electron chi connectivity index (χ4n) is 3.23. The van der Waals surface area contributed by atoms with Gasteiger partial charge in [0.05, 0.1) is 17.3 Å². The van der Waals surface area contributed by atoms with E-state index in [2.05, 4.69) is 4.99 Å². The van der Waals surface area contributed by atoms with Crippen LogP contribution in [0.1, 0.15) is 48.0 Å². The zero-order valence-corrected chi connectivity index (χ0v) is 15.9. The summed E-state index contributed by atoms with van der Waals surface area (Å²) in [5, 5.41) is 0.0306. The number of halogens is 4. The predicted molar refractivity (Wildman–Crippen MR) is 105 cm³/mol. The molecule has 0 atom stereocenters. The maximum absolute atomic E-state index is 13.1. The highest BCUT2D eigenvalue weighted by Crippen LogP contribution is 2.30. The van der Waals surface area contributed by atoms with Gasteiger partial charge in [0.1, 0.15) is 0 Å². The second-order valence-electron chi connectivity index (χ2n) is 6.74. The lowest BCUT2D eigenvalue weighted by Gasteiger charge is -2.24. The molecule has 1 aliphatic rings. The van der Waals surface area contributed by atoms with E-state index >= 15 is 0 Å². The molecular formula is C21H20ClF3N2O. The summed E-state index contributed by atoms with van der Waals surface area (Å²) in [4.78, 5) is 18.8. The molecule has 28 heavy (non-hydrogen) atoms. The number of hydrogen-bond acceptors (Lipinski definition) is 2. The van der Waals surface area contributed by atoms with Gasteiger partial charge < -0.3 is 0 Å². The lowest BCUT2D eigenvalue weighted by molar-refractivity contribution is -0.137. The molecule has 148 valence electrons. The van der Waals surface area contributed by atoms with Crippen LogP contribution in [0.3, 0.4) is 0 Å². The normalized spacial score (nSPS) is 16.1. The van der Waals surface area contributed by atoms with E-state index in [4.69, 9.17) is 11.6 Å². The second-order valence-corrected chi connectivity index (χ2v) is 7.08. The molecule has 1 aliphatic carbocycles. The summed E-state index contributed by atoms with van der Waals surface area (Å²) in [7, 11) is 0. The molecule has 1 amide bonds. The van der Waals surface area contributed by atoms with Crippen molar-refractivity contribution in [2.45, 2.75) is 44.3 Å². The van der Waals surface area contributed by atoms with E-state index < -0.39 is 17.6 Å². The Kier molecular flexibility index (Phi) is 6.39. The maximum Gasteiger partial charge on any atom is 0.416 e. The number of rotatable bonds is 3. The minimum atomic E-state index is -4.46. The third kappa shape index (κ3) is 4.93. The van der Waals surface area contributed by atoms with Gasteiger partial charge in [-0.25, -0.2) is 0 Å². The van der Waals surface area contributed by atoms with Crippen LogP contribution in [-0.2, 0) is 6.18 Å². The summed E-state index contributed by atoms with van der Waals surface area (Å²) in [6, 6.07) is 12.9. The molecule has 3 rings (SSSR count). The fraction of sp³-hybridized carbons (Fsp3) is 0.333. The largest absolute Gasteiger partial charge is 0.416 e. The van der Waals surface area contributed by atoms with Crippen LogP contribution in [-0.4, -0.2) is 17.2 Å². The number of aliphatic imine (C=N–C) groups is 1. The van der Waals surface area contributed by atoms with Crippen LogP contribution in [0.5, 0.6) is 0 Å². The van der Waals surface area contributed by atoms with Crippen molar-refractivity contribution >= 4 is 28.5 Å². The Balaban J connectivity index is 1.92. The first-order valence-electron chi connectivity index (χ1n) is 9.16. The summed E-state index contributed by atoms with van der Waals surface area (Å²) in [5.74, 6) is -0.524. The van der Waals surface area contributed by atoms with Crippen molar-refractivity contribution in [1.82, 2.24) is 0 Å². The molecule has 3 nitrogen and oxygen atoms in total. The number of amides is 1. The van der Waals surface area contributed by atoms with Crippen molar-refractivity contribution in [2.24, 2.45) is 4.99 Å². The van der Waals surface area contributed by atoms with Gasteiger partial charge in [0.25, 0.3) is 5.91 Å². The number of carbonyl (C=O) groups is 1. The minimum absolute atomic E-state index is 0.0306. The monoisotopic (exact) mass is 408 g/mol. The van der Waals surface area contributed by atoms with E-state index in [0.29, 0.717) is 5.69 Å². The summed E-state index contributed by atoms with van der Waals surface area (Å²) < 4.78 is 38.4. The van der Waals surface area contributed by atoms with Crippen LogP contribution >= 0.6 is 11.6 Å². The second kappa shape index (κ2) is 8.78. The summed E-state index contributed by atoms with van der Waals surface area (Å²) in [6.07, 6.45) is 0.658. The Morgan fingerprint density at radius 2 is 1.57 bits per heavy atom. The Morgan fingerprint density at radius 1 is 0.964 bits per heavy atom. The Hall–Kier alpha value is -2.34. The van der Waals surface area contributed by atoms with E-state index in [9.17, 15) is 18.0 Å². The van der Waals surface area contributed by atoms with Crippen LogP contribution < -0.4 is 4.90 Å². The smallest absolute Gasteiger partial charge is 0.268 e. The lowest BCUT2D eigenvalue weighted by atomic mass is 9.96. The molecule has 0 spiro atoms. The number of anilines is 1. The SMILES string of the molecule is O=C(c1ccc(C(F)(F)F)cc1)N(C(Cl)=NC1CCCCC1)c1ccccc1. The van der Waals surface area contributed by atoms with Gasteiger partial charge in [-0.1, -0.05) is 37.5 Å². The third-order valence-electron chi connectivity index (χ3n) is 4.72. The average molecular weight is 409 g/mol. The van der Waals surface area contributed by atoms with E-state index in [1.54, 1.807) is 30.3 Å². The van der Waals surface area contributed by atoms with Crippen LogP contribution in [0, 0.1) is 0 Å². The van der Waals surface area contributed by atoms with E-state index in [1.165, 1.54) is 4.90 Å². The number of carbonyl (C=O) groups excluding carboxylic acids is 1. The highest BCUT2D eigenvalue weighted by molar-refractivity contribution is 6.70. The van der Waals surface area contributed by atoms with Crippen molar-refractivity contribution in [3.05, 3.63) is 65.7 Å². The molecule has 0 bridgehead atoms. The molecule has 0 heterocycles. The first-order valence-corrected chi connectivity index (χ1v) is 9.54. The Labute approximate surface area is 166 Å². The van der Waals surface area contributed by atoms with Gasteiger partial charge in [-0.05, 0) is 60.8 Å². The maximum atomic E-state index is 13.1. The van der Waals surface area contributed by atoms with Gasteiger partial charge in [0, 0.05) is 5.56 Å². The molecule has 0 saturated heterocycles. The minimum Gasteiger partial charge on any atom is -0.268 e. The zero-order valence-electron chi connectivity index (χ0n) is 15.1. The highest BCUT2D eigenvalue weighted by atomic mass is 35.5. The van der Waals surface area contributed by atoms with Crippen molar-refractivity contribution in [2.75, 3.05) is 4.90 Å². The number of hydrogen-bond donors (Lipinski definition) is 0. The molecular weight excluding hydrogens is 389 g/mol. The molecule has 1 saturated carbocycles. The van der Waals surface area contributed by atoms with Crippen LogP contribution in [0.15, 0.2) is 59.6 Å². The van der Waals surface area contributed by atoms with Crippen molar-refractivity contribution in [1.29, 1.82) is 0 Å². The molecule has 1 fully saturated rings. The average Bonchev–Trinajstić information content (AvgIpc) is 2.69. The third-order valence-corrected chi connectivity index (χ3v) is 4.99. The van der Waals surface area contributed by atoms with Crippen molar-refractivity contribution < 1.29 is 18.0 Å². The van der Waals surface area contributed by atoms with Crippen LogP contribution in [0.4, 0.5) is 18.9 Å². The number of alkyl halides is 3. The number of amidine groups is 1. The fourth-order valence-corrected chi connectivity index (χ4v) is 3.55. The molecule has 0 radical (unpaired) electrons. The molecule has 0 N–H and O–H groups in total. The number of para-hydroxylation sites is 1. The lowest BCUT2D eigenvalue weighted by Crippen LogP contribution is -2.35. The van der Waals surface area contributed by atoms with Gasteiger partial charge in [0.2, 0.25) is 5.29 Å². The van der Waals surface area contributed by atoms with Crippen LogP contribution in [0.2, 0.25) is 0 Å². The molecule has 2 aromatic carbocycles. The van der Waals surface area contributed by atoms with Gasteiger partial charge >= 0.3 is 6.18 Å². The van der Waals surface area contributed by atoms with Crippen molar-refractivity contribution in [3.63, 3.8) is 0 Å². The molecule has 0 aromatic heterocycles. The van der Waals surface area contributed by atoms with Crippen LogP contribution in [0.25, 0.3) is 0 Å². The molecule has 0 unspecified atom stereocenters. The Bertz CT molecular complexity index is 829. The van der Waals surface area contributed by atoms with Gasteiger partial charge in [0.15, 0.2) is 0 Å². The number of benzene rings is 2.